The summed E-state index contributed by atoms with van der Waals surface area (Å²) >= 11 is 5.03. The molecule has 0 aliphatic carbocycles. The summed E-state index contributed by atoms with van der Waals surface area (Å²) in [4.78, 5) is 2.33. The first-order chi connectivity index (χ1) is 8.65. The van der Waals surface area contributed by atoms with Crippen LogP contribution in [-0.4, -0.2) is 39.5 Å². The molecule has 0 amide bonds. The molecular weight excluding hydrogens is 248 g/mol. The predicted molar refractivity (Wildman–Crippen MR) is 76.7 cm³/mol. The van der Waals surface area contributed by atoms with E-state index in [-0.39, 0.29) is 6.61 Å². The largest absolute Gasteiger partial charge is 0.395 e. The lowest BCUT2D eigenvalue weighted by molar-refractivity contribution is 0.295. The molecule has 1 heterocycles. The second-order valence-electron chi connectivity index (χ2n) is 4.02. The number of aliphatic hydroxyl groups excluding tert-OH is 1. The minimum Gasteiger partial charge on any atom is -0.395 e. The van der Waals surface area contributed by atoms with Gasteiger partial charge in [-0.2, -0.15) is 5.10 Å². The first-order valence-corrected chi connectivity index (χ1v) is 6.55. The number of thiocarbonyl (C=S) groups is 1. The predicted octanol–water partition coefficient (Wildman–Crippen LogP) is 1.10. The molecule has 0 saturated heterocycles. The normalized spacial score (nSPS) is 10.7. The van der Waals surface area contributed by atoms with Gasteiger partial charge in [0.1, 0.15) is 4.99 Å². The van der Waals surface area contributed by atoms with E-state index in [0.29, 0.717) is 29.0 Å². The SMILES string of the molecule is CCC(CC)N(CCO)c1nnccc1C(N)=S. The molecule has 0 radical (unpaired) electrons. The zero-order chi connectivity index (χ0) is 13.5. The zero-order valence-electron chi connectivity index (χ0n) is 10.8. The molecule has 0 saturated carbocycles. The van der Waals surface area contributed by atoms with Gasteiger partial charge in [-0.1, -0.05) is 26.1 Å². The molecule has 1 aromatic rings. The van der Waals surface area contributed by atoms with E-state index in [1.165, 1.54) is 0 Å². The van der Waals surface area contributed by atoms with Crippen LogP contribution in [0.2, 0.25) is 0 Å². The molecule has 0 unspecified atom stereocenters. The number of aliphatic hydroxyl groups is 1. The van der Waals surface area contributed by atoms with Crippen LogP contribution in [-0.2, 0) is 0 Å². The average molecular weight is 268 g/mol. The molecular formula is C12H20N4OS. The van der Waals surface area contributed by atoms with E-state index < -0.39 is 0 Å². The number of hydrogen-bond acceptors (Lipinski definition) is 5. The second-order valence-corrected chi connectivity index (χ2v) is 4.46. The lowest BCUT2D eigenvalue weighted by Gasteiger charge is -2.31. The molecule has 0 atom stereocenters. The zero-order valence-corrected chi connectivity index (χ0v) is 11.7. The molecule has 6 heteroatoms. The van der Waals surface area contributed by atoms with Gasteiger partial charge in [-0.3, -0.25) is 0 Å². The number of nitrogens with zero attached hydrogens (tertiary/aromatic N) is 3. The fourth-order valence-electron chi connectivity index (χ4n) is 2.03. The summed E-state index contributed by atoms with van der Waals surface area (Å²) in [5.41, 5.74) is 6.41. The summed E-state index contributed by atoms with van der Waals surface area (Å²) in [5.74, 6) is 0.660. The number of hydrogen-bond donors (Lipinski definition) is 2. The van der Waals surface area contributed by atoms with E-state index in [2.05, 4.69) is 24.0 Å². The first-order valence-electron chi connectivity index (χ1n) is 6.14. The molecule has 5 nitrogen and oxygen atoms in total. The van der Waals surface area contributed by atoms with Crippen molar-refractivity contribution in [3.63, 3.8) is 0 Å². The lowest BCUT2D eigenvalue weighted by Crippen LogP contribution is -2.39. The van der Waals surface area contributed by atoms with Gasteiger partial charge in [0.2, 0.25) is 0 Å². The summed E-state index contributed by atoms with van der Waals surface area (Å²) in [5, 5.41) is 17.2. The smallest absolute Gasteiger partial charge is 0.161 e. The second kappa shape index (κ2) is 7.23. The Bertz CT molecular complexity index is 395. The van der Waals surface area contributed by atoms with E-state index in [0.717, 1.165) is 12.8 Å². The van der Waals surface area contributed by atoms with Crippen molar-refractivity contribution < 1.29 is 5.11 Å². The third kappa shape index (κ3) is 3.36. The van der Waals surface area contributed by atoms with Crippen LogP contribution in [0.15, 0.2) is 12.3 Å². The van der Waals surface area contributed by atoms with Gasteiger partial charge >= 0.3 is 0 Å². The Balaban J connectivity index is 3.16. The molecule has 100 valence electrons. The van der Waals surface area contributed by atoms with E-state index in [1.54, 1.807) is 12.3 Å². The highest BCUT2D eigenvalue weighted by Crippen LogP contribution is 2.21. The highest BCUT2D eigenvalue weighted by molar-refractivity contribution is 7.80. The van der Waals surface area contributed by atoms with E-state index in [4.69, 9.17) is 18.0 Å². The number of nitrogens with two attached hydrogens (primary N) is 1. The summed E-state index contributed by atoms with van der Waals surface area (Å²) in [7, 11) is 0. The molecule has 18 heavy (non-hydrogen) atoms. The number of aromatic nitrogens is 2. The van der Waals surface area contributed by atoms with Crippen molar-refractivity contribution in [2.24, 2.45) is 5.73 Å². The van der Waals surface area contributed by atoms with Crippen LogP contribution in [0.5, 0.6) is 0 Å². The van der Waals surface area contributed by atoms with Crippen LogP contribution in [0.4, 0.5) is 5.82 Å². The molecule has 0 spiro atoms. The van der Waals surface area contributed by atoms with E-state index in [9.17, 15) is 5.11 Å². The van der Waals surface area contributed by atoms with Crippen molar-refractivity contribution in [2.45, 2.75) is 32.7 Å². The Labute approximate surface area is 113 Å². The maximum absolute atomic E-state index is 9.21. The van der Waals surface area contributed by atoms with Crippen molar-refractivity contribution in [3.8, 4) is 0 Å². The van der Waals surface area contributed by atoms with Crippen LogP contribution in [0, 0.1) is 0 Å². The van der Waals surface area contributed by atoms with Crippen LogP contribution in [0.1, 0.15) is 32.3 Å². The lowest BCUT2D eigenvalue weighted by atomic mass is 10.1. The molecule has 0 aromatic carbocycles. The first kappa shape index (κ1) is 14.8. The standard InChI is InChI=1S/C12H20N4OS/c1-3-9(4-2)16(7-8-17)12-10(11(13)18)5-6-14-15-12/h5-6,9,17H,3-4,7-8H2,1-2H3,(H2,13,18). The van der Waals surface area contributed by atoms with E-state index in [1.807, 2.05) is 4.90 Å². The monoisotopic (exact) mass is 268 g/mol. The third-order valence-corrected chi connectivity index (χ3v) is 3.18. The van der Waals surface area contributed by atoms with Gasteiger partial charge in [0.25, 0.3) is 0 Å². The fraction of sp³-hybridized carbons (Fsp3) is 0.583. The molecule has 3 N–H and O–H groups in total. The van der Waals surface area contributed by atoms with Crippen LogP contribution < -0.4 is 10.6 Å². The van der Waals surface area contributed by atoms with Crippen molar-refractivity contribution in [1.29, 1.82) is 0 Å². The van der Waals surface area contributed by atoms with Gasteiger partial charge in [-0.05, 0) is 18.9 Å². The average Bonchev–Trinajstić information content (AvgIpc) is 2.39. The van der Waals surface area contributed by atoms with Gasteiger partial charge in [-0.15, -0.1) is 5.10 Å². The van der Waals surface area contributed by atoms with Gasteiger partial charge < -0.3 is 15.7 Å². The van der Waals surface area contributed by atoms with Gasteiger partial charge in [-0.25, -0.2) is 0 Å². The van der Waals surface area contributed by atoms with Gasteiger partial charge in [0.05, 0.1) is 18.4 Å². The Hall–Kier alpha value is -1.27. The van der Waals surface area contributed by atoms with Gasteiger partial charge in [0, 0.05) is 12.6 Å². The molecule has 0 bridgehead atoms. The van der Waals surface area contributed by atoms with E-state index >= 15 is 0 Å². The van der Waals surface area contributed by atoms with Crippen molar-refractivity contribution in [3.05, 3.63) is 17.8 Å². The Morgan fingerprint density at radius 1 is 1.50 bits per heavy atom. The Kier molecular flexibility index (Phi) is 5.94. The summed E-state index contributed by atoms with van der Waals surface area (Å²) in [6.07, 6.45) is 3.50. The van der Waals surface area contributed by atoms with Crippen LogP contribution in [0.3, 0.4) is 0 Å². The summed E-state index contributed by atoms with van der Waals surface area (Å²) < 4.78 is 0. The Morgan fingerprint density at radius 2 is 2.17 bits per heavy atom. The maximum atomic E-state index is 9.21. The minimum atomic E-state index is 0.0594. The van der Waals surface area contributed by atoms with Crippen molar-refractivity contribution >= 4 is 23.0 Å². The molecule has 1 aromatic heterocycles. The molecule has 1 rings (SSSR count). The van der Waals surface area contributed by atoms with Crippen molar-refractivity contribution in [1.82, 2.24) is 10.2 Å². The molecule has 0 aliphatic heterocycles. The quantitative estimate of drug-likeness (QED) is 0.721. The highest BCUT2D eigenvalue weighted by Gasteiger charge is 2.20. The number of rotatable bonds is 7. The van der Waals surface area contributed by atoms with Crippen molar-refractivity contribution in [2.75, 3.05) is 18.1 Å². The summed E-state index contributed by atoms with van der Waals surface area (Å²) in [6, 6.07) is 2.05. The third-order valence-electron chi connectivity index (χ3n) is 2.96. The topological polar surface area (TPSA) is 75.3 Å². The summed E-state index contributed by atoms with van der Waals surface area (Å²) in [6.45, 7) is 4.77. The van der Waals surface area contributed by atoms with Crippen LogP contribution >= 0.6 is 12.2 Å². The fourth-order valence-corrected chi connectivity index (χ4v) is 2.19. The van der Waals surface area contributed by atoms with Gasteiger partial charge in [0.15, 0.2) is 5.82 Å². The number of anilines is 1. The maximum Gasteiger partial charge on any atom is 0.161 e. The Morgan fingerprint density at radius 3 is 2.67 bits per heavy atom. The highest BCUT2D eigenvalue weighted by atomic mass is 32.1. The van der Waals surface area contributed by atoms with Crippen LogP contribution in [0.25, 0.3) is 0 Å². The molecule has 0 fully saturated rings. The minimum absolute atomic E-state index is 0.0594. The molecule has 0 aliphatic rings.